The Bertz CT molecular complexity index is 858. The molecule has 1 aromatic carbocycles. The summed E-state index contributed by atoms with van der Waals surface area (Å²) in [5.41, 5.74) is 7.35. The fourth-order valence-corrected chi connectivity index (χ4v) is 4.94. The number of nitrogens with one attached hydrogen (secondary N) is 2. The van der Waals surface area contributed by atoms with Gasteiger partial charge in [-0.3, -0.25) is 4.79 Å². The van der Waals surface area contributed by atoms with Gasteiger partial charge in [-0.1, -0.05) is 26.0 Å². The molecule has 0 radical (unpaired) electrons. The fraction of sp³-hybridized carbons (Fsp3) is 0.600. The molecule has 3 aliphatic rings. The van der Waals surface area contributed by atoms with Crippen LogP contribution < -0.4 is 10.7 Å². The van der Waals surface area contributed by atoms with E-state index in [-0.39, 0.29) is 23.3 Å². The number of ether oxygens (including phenoxy) is 2. The van der Waals surface area contributed by atoms with E-state index in [1.807, 2.05) is 24.3 Å². The predicted molar refractivity (Wildman–Crippen MR) is 122 cm³/mol. The second-order valence-electron chi connectivity index (χ2n) is 9.11. The van der Waals surface area contributed by atoms with Gasteiger partial charge in [0.05, 0.1) is 23.8 Å². The lowest BCUT2D eigenvalue weighted by Crippen LogP contribution is -2.45. The lowest BCUT2D eigenvalue weighted by molar-refractivity contribution is -0.118. The van der Waals surface area contributed by atoms with E-state index in [1.54, 1.807) is 0 Å². The fourth-order valence-electron chi connectivity index (χ4n) is 4.94. The molecule has 0 aliphatic carbocycles. The van der Waals surface area contributed by atoms with E-state index in [2.05, 4.69) is 29.6 Å². The number of carbonyl (C=O) groups excluding carboxylic acids is 2. The number of allylic oxidation sites excluding steroid dienone is 1. The lowest BCUT2D eigenvalue weighted by Gasteiger charge is -2.38. The minimum Gasteiger partial charge on any atom is -0.462 e. The zero-order valence-electron chi connectivity index (χ0n) is 19.2. The molecular formula is C25H35N3O4. The van der Waals surface area contributed by atoms with Crippen molar-refractivity contribution in [1.82, 2.24) is 15.8 Å². The number of carbonyl (C=O) groups is 2. The summed E-state index contributed by atoms with van der Waals surface area (Å²) in [6.45, 7) is 7.43. The minimum atomic E-state index is -0.289. The molecule has 1 saturated heterocycles. The van der Waals surface area contributed by atoms with Crippen LogP contribution in [0.1, 0.15) is 61.9 Å². The third-order valence-electron chi connectivity index (χ3n) is 7.03. The maximum absolute atomic E-state index is 12.9. The molecular weight excluding hydrogens is 406 g/mol. The number of esters is 1. The highest BCUT2D eigenvalue weighted by atomic mass is 16.5. The van der Waals surface area contributed by atoms with Crippen LogP contribution in [0.25, 0.3) is 0 Å². The average molecular weight is 442 g/mol. The smallest absolute Gasteiger partial charge is 0.338 e. The number of hydrogen-bond donors (Lipinski definition) is 2. The number of rotatable bonds is 7. The summed E-state index contributed by atoms with van der Waals surface area (Å²) < 4.78 is 11.1. The van der Waals surface area contributed by atoms with Crippen molar-refractivity contribution in [3.8, 4) is 0 Å². The Morgan fingerprint density at radius 2 is 1.97 bits per heavy atom. The largest absolute Gasteiger partial charge is 0.462 e. The molecule has 1 unspecified atom stereocenters. The zero-order valence-corrected chi connectivity index (χ0v) is 19.2. The van der Waals surface area contributed by atoms with Crippen LogP contribution in [0.2, 0.25) is 0 Å². The van der Waals surface area contributed by atoms with Gasteiger partial charge in [-0.05, 0) is 55.2 Å². The van der Waals surface area contributed by atoms with Gasteiger partial charge in [-0.15, -0.1) is 0 Å². The molecule has 174 valence electrons. The molecule has 3 aliphatic heterocycles. The van der Waals surface area contributed by atoms with Crippen LogP contribution in [0.5, 0.6) is 0 Å². The summed E-state index contributed by atoms with van der Waals surface area (Å²) in [6, 6.07) is 7.60. The van der Waals surface area contributed by atoms with E-state index in [4.69, 9.17) is 9.47 Å². The van der Waals surface area contributed by atoms with Crippen molar-refractivity contribution < 1.29 is 19.1 Å². The maximum Gasteiger partial charge on any atom is 0.338 e. The summed E-state index contributed by atoms with van der Waals surface area (Å²) in [4.78, 5) is 25.3. The first kappa shape index (κ1) is 22.8. The predicted octanol–water partition coefficient (Wildman–Crippen LogP) is 2.97. The number of hydrogen-bond acceptors (Lipinski definition) is 6. The SMILES string of the molecule is CCc1ccc(C(=O)OCCCN2NC(CC)C3=C2CC2(CCOCC2)CNC3=O)cc1. The van der Waals surface area contributed by atoms with Crippen molar-refractivity contribution in [3.63, 3.8) is 0 Å². The quantitative estimate of drug-likeness (QED) is 0.500. The molecule has 1 fully saturated rings. The highest BCUT2D eigenvalue weighted by Crippen LogP contribution is 2.42. The minimum absolute atomic E-state index is 0.0274. The molecule has 0 saturated carbocycles. The molecule has 2 N–H and O–H groups in total. The molecule has 1 spiro atoms. The first-order valence-corrected chi connectivity index (χ1v) is 11.9. The first-order chi connectivity index (χ1) is 15.5. The van der Waals surface area contributed by atoms with Crippen molar-refractivity contribution in [2.75, 3.05) is 32.9 Å². The molecule has 1 amide bonds. The van der Waals surface area contributed by atoms with Crippen molar-refractivity contribution >= 4 is 11.9 Å². The molecule has 1 aromatic rings. The van der Waals surface area contributed by atoms with Gasteiger partial charge in [-0.2, -0.15) is 0 Å². The third kappa shape index (κ3) is 4.84. The Labute approximate surface area is 190 Å². The molecule has 3 heterocycles. The lowest BCUT2D eigenvalue weighted by atomic mass is 9.76. The van der Waals surface area contributed by atoms with Gasteiger partial charge in [-0.25, -0.2) is 10.2 Å². The third-order valence-corrected chi connectivity index (χ3v) is 7.03. The number of amides is 1. The van der Waals surface area contributed by atoms with Gasteiger partial charge < -0.3 is 19.8 Å². The monoisotopic (exact) mass is 441 g/mol. The summed E-state index contributed by atoms with van der Waals surface area (Å²) in [7, 11) is 0. The van der Waals surface area contributed by atoms with Gasteiger partial charge in [0.2, 0.25) is 0 Å². The van der Waals surface area contributed by atoms with E-state index in [0.29, 0.717) is 31.7 Å². The zero-order chi connectivity index (χ0) is 22.6. The molecule has 32 heavy (non-hydrogen) atoms. The second-order valence-corrected chi connectivity index (χ2v) is 9.11. The number of benzene rings is 1. The van der Waals surface area contributed by atoms with Gasteiger partial charge >= 0.3 is 5.97 Å². The molecule has 0 bridgehead atoms. The maximum atomic E-state index is 12.9. The Morgan fingerprint density at radius 1 is 1.22 bits per heavy atom. The topological polar surface area (TPSA) is 79.9 Å². The van der Waals surface area contributed by atoms with Gasteiger partial charge in [0.15, 0.2) is 0 Å². The van der Waals surface area contributed by atoms with E-state index in [9.17, 15) is 9.59 Å². The number of nitrogens with zero attached hydrogens (tertiary/aromatic N) is 1. The highest BCUT2D eigenvalue weighted by Gasteiger charge is 2.43. The van der Waals surface area contributed by atoms with Crippen LogP contribution in [0.4, 0.5) is 0 Å². The van der Waals surface area contributed by atoms with Gasteiger partial charge in [0.1, 0.15) is 0 Å². The van der Waals surface area contributed by atoms with Crippen LogP contribution in [-0.2, 0) is 20.7 Å². The van der Waals surface area contributed by atoms with Crippen LogP contribution in [0.15, 0.2) is 35.5 Å². The van der Waals surface area contributed by atoms with Crippen LogP contribution in [0.3, 0.4) is 0 Å². The Morgan fingerprint density at radius 3 is 2.66 bits per heavy atom. The van der Waals surface area contributed by atoms with Crippen LogP contribution in [-0.4, -0.2) is 55.8 Å². The van der Waals surface area contributed by atoms with Crippen molar-refractivity contribution in [3.05, 3.63) is 46.7 Å². The normalized spacial score (nSPS) is 22.5. The summed E-state index contributed by atoms with van der Waals surface area (Å²) in [5.74, 6) is -0.240. The summed E-state index contributed by atoms with van der Waals surface area (Å²) in [5, 5.41) is 5.32. The number of aryl methyl sites for hydroxylation is 1. The standard InChI is InChI=1S/C25H35N3O4/c1-3-18-6-8-19(9-7-18)24(30)32-13-5-12-28-21-16-25(10-14-31-15-11-25)17-26-23(29)22(21)20(4-2)27-28/h6-9,20,27H,3-5,10-17H2,1-2H3,(H,26,29). The number of hydrazine groups is 1. The van der Waals surface area contributed by atoms with Crippen LogP contribution in [0, 0.1) is 5.41 Å². The Balaban J connectivity index is 1.37. The molecule has 0 aromatic heterocycles. The van der Waals surface area contributed by atoms with Crippen molar-refractivity contribution in [1.29, 1.82) is 0 Å². The second kappa shape index (κ2) is 10.0. The highest BCUT2D eigenvalue weighted by molar-refractivity contribution is 5.96. The summed E-state index contributed by atoms with van der Waals surface area (Å²) >= 11 is 0. The molecule has 7 heteroatoms. The van der Waals surface area contributed by atoms with E-state index in [1.165, 1.54) is 5.56 Å². The van der Waals surface area contributed by atoms with Crippen molar-refractivity contribution in [2.45, 2.75) is 58.4 Å². The Kier molecular flexibility index (Phi) is 7.16. The van der Waals surface area contributed by atoms with Crippen LogP contribution >= 0.6 is 0 Å². The average Bonchev–Trinajstić information content (AvgIpc) is 3.10. The summed E-state index contributed by atoms with van der Waals surface area (Å²) in [6.07, 6.45) is 5.28. The Hall–Kier alpha value is -2.38. The van der Waals surface area contributed by atoms with E-state index in [0.717, 1.165) is 56.6 Å². The molecule has 4 rings (SSSR count). The van der Waals surface area contributed by atoms with Gasteiger partial charge in [0, 0.05) is 38.4 Å². The van der Waals surface area contributed by atoms with E-state index < -0.39 is 0 Å². The van der Waals surface area contributed by atoms with Crippen molar-refractivity contribution in [2.24, 2.45) is 5.41 Å². The van der Waals surface area contributed by atoms with E-state index >= 15 is 0 Å². The first-order valence-electron chi connectivity index (χ1n) is 11.9. The van der Waals surface area contributed by atoms with Gasteiger partial charge in [0.25, 0.3) is 5.91 Å². The molecule has 1 atom stereocenters. The molecule has 7 nitrogen and oxygen atoms in total.